The van der Waals surface area contributed by atoms with Gasteiger partial charge in [-0.05, 0) is 39.2 Å². The molecule has 1 atom stereocenters. The zero-order valence-corrected chi connectivity index (χ0v) is 10.6. The molecule has 1 saturated heterocycles. The Morgan fingerprint density at radius 2 is 2.16 bits per heavy atom. The third-order valence-corrected chi connectivity index (χ3v) is 3.29. The molecule has 19 heavy (non-hydrogen) atoms. The van der Waals surface area contributed by atoms with Gasteiger partial charge in [0.2, 0.25) is 0 Å². The van der Waals surface area contributed by atoms with Crippen LogP contribution in [0.4, 0.5) is 5.69 Å². The van der Waals surface area contributed by atoms with E-state index in [2.05, 4.69) is 0 Å². The van der Waals surface area contributed by atoms with Gasteiger partial charge in [0, 0.05) is 32.2 Å². The Bertz CT molecular complexity index is 752. The fourth-order valence-corrected chi connectivity index (χ4v) is 2.23. The molecule has 1 aliphatic rings. The smallest absolute Gasteiger partial charge is 0.154 e. The van der Waals surface area contributed by atoms with Crippen molar-refractivity contribution < 1.29 is 19.2 Å². The molecule has 1 aromatic carbocycles. The predicted molar refractivity (Wildman–Crippen MR) is 76.0 cm³/mol. The van der Waals surface area contributed by atoms with Crippen LogP contribution in [0, 0.1) is 5.41 Å². The second-order valence-electron chi connectivity index (χ2n) is 4.50. The van der Waals surface area contributed by atoms with Crippen molar-refractivity contribution in [2.24, 2.45) is 5.41 Å². The maximum Gasteiger partial charge on any atom is 0.154 e. The number of para-hydroxylation sites is 1. The molecule has 0 N–H and O–H groups in total. The summed E-state index contributed by atoms with van der Waals surface area (Å²) in [6, 6.07) is 7.43. The quantitative estimate of drug-likeness (QED) is 0.788. The SMILES string of the molecule is [2H]/C(C(=O)C([2H])([2H])[2H])=C1\N(c2ccccc2)CCC1(C(C)=O)C([2H])([2H])[2H]. The first kappa shape index (κ1) is 7.04. The van der Waals surface area contributed by atoms with Crippen molar-refractivity contribution in [2.45, 2.75) is 27.0 Å². The van der Waals surface area contributed by atoms with Crippen molar-refractivity contribution in [1.29, 1.82) is 0 Å². The average molecular weight is 264 g/mol. The van der Waals surface area contributed by atoms with Crippen molar-refractivity contribution in [2.75, 3.05) is 11.4 Å². The standard InChI is InChI=1S/C16H19NO2/c1-12(18)11-15-16(3,13(2)19)9-10-17(15)14-7-5-4-6-8-14/h4-8,11H,9-10H2,1-3H3/b15-11+/i1D3,3D3,11D. The van der Waals surface area contributed by atoms with E-state index < -0.39 is 36.7 Å². The molecule has 1 heterocycles. The number of Topliss-reactive ketones (excluding diaryl/α,β-unsaturated/α-hetero) is 1. The van der Waals surface area contributed by atoms with Gasteiger partial charge in [-0.25, -0.2) is 0 Å². The number of carbonyl (C=O) groups excluding carboxylic acids is 2. The maximum atomic E-state index is 12.4. The highest BCUT2D eigenvalue weighted by Crippen LogP contribution is 2.43. The maximum absolute atomic E-state index is 12.4. The lowest BCUT2D eigenvalue weighted by Gasteiger charge is -2.27. The summed E-state index contributed by atoms with van der Waals surface area (Å²) in [5.74, 6) is -2.21. The van der Waals surface area contributed by atoms with Crippen LogP contribution in [-0.2, 0) is 9.59 Å². The molecule has 0 aromatic heterocycles. The van der Waals surface area contributed by atoms with Crippen LogP contribution in [0.25, 0.3) is 0 Å². The summed E-state index contributed by atoms with van der Waals surface area (Å²) in [5.41, 5.74) is -1.98. The molecule has 0 saturated carbocycles. The van der Waals surface area contributed by atoms with Crippen molar-refractivity contribution in [1.82, 2.24) is 0 Å². The van der Waals surface area contributed by atoms with E-state index in [9.17, 15) is 9.59 Å². The molecule has 0 amide bonds. The van der Waals surface area contributed by atoms with Gasteiger partial charge in [-0.2, -0.15) is 0 Å². The minimum absolute atomic E-state index is 0.0774. The Balaban J connectivity index is 2.80. The molecule has 100 valence electrons. The number of anilines is 1. The number of allylic oxidation sites excluding steroid dienone is 2. The van der Waals surface area contributed by atoms with Crippen LogP contribution in [0.2, 0.25) is 0 Å². The van der Waals surface area contributed by atoms with Gasteiger partial charge >= 0.3 is 0 Å². The van der Waals surface area contributed by atoms with E-state index >= 15 is 0 Å². The number of hydrogen-bond acceptors (Lipinski definition) is 3. The summed E-state index contributed by atoms with van der Waals surface area (Å²) in [5, 5.41) is 0. The highest BCUT2D eigenvalue weighted by atomic mass is 16.1. The zero-order valence-electron chi connectivity index (χ0n) is 17.6. The largest absolute Gasteiger partial charge is 0.344 e. The Hall–Kier alpha value is -1.90. The third kappa shape index (κ3) is 2.46. The third-order valence-electron chi connectivity index (χ3n) is 3.29. The van der Waals surface area contributed by atoms with E-state index in [0.29, 0.717) is 5.69 Å². The summed E-state index contributed by atoms with van der Waals surface area (Å²) in [6.45, 7) is -4.77. The lowest BCUT2D eigenvalue weighted by Crippen LogP contribution is -2.28. The molecular formula is C16H19NO2. The molecule has 3 heteroatoms. The molecule has 3 nitrogen and oxygen atoms in total. The van der Waals surface area contributed by atoms with Crippen LogP contribution in [0.3, 0.4) is 0 Å². The summed E-state index contributed by atoms with van der Waals surface area (Å²) in [7, 11) is 0. The lowest BCUT2D eigenvalue weighted by molar-refractivity contribution is -0.123. The minimum atomic E-state index is -3.10. The van der Waals surface area contributed by atoms with Crippen LogP contribution in [-0.4, -0.2) is 18.1 Å². The molecule has 2 rings (SSSR count). The second kappa shape index (κ2) is 5.00. The Morgan fingerprint density at radius 3 is 2.74 bits per heavy atom. The van der Waals surface area contributed by atoms with Crippen molar-refractivity contribution in [3.8, 4) is 0 Å². The summed E-state index contributed by atoms with van der Waals surface area (Å²) in [6.07, 6.45) is -0.139. The van der Waals surface area contributed by atoms with E-state index in [1.54, 1.807) is 30.3 Å². The lowest BCUT2D eigenvalue weighted by atomic mass is 9.82. The van der Waals surface area contributed by atoms with Gasteiger partial charge in [-0.1, -0.05) is 18.2 Å². The molecule has 0 bridgehead atoms. The molecule has 1 fully saturated rings. The van der Waals surface area contributed by atoms with Crippen LogP contribution < -0.4 is 4.90 Å². The van der Waals surface area contributed by atoms with Gasteiger partial charge < -0.3 is 4.90 Å². The number of ketones is 2. The Kier molecular flexibility index (Phi) is 1.85. The van der Waals surface area contributed by atoms with Crippen LogP contribution in [0.15, 0.2) is 42.1 Å². The molecule has 0 spiro atoms. The first-order valence-corrected chi connectivity index (χ1v) is 5.94. The fourth-order valence-electron chi connectivity index (χ4n) is 2.23. The monoisotopic (exact) mass is 264 g/mol. The number of hydrogen-bond donors (Lipinski definition) is 0. The fraction of sp³-hybridized carbons (Fsp3) is 0.375. The highest BCUT2D eigenvalue weighted by Gasteiger charge is 2.43. The number of nitrogens with zero attached hydrogens (tertiary/aromatic N) is 1. The van der Waals surface area contributed by atoms with E-state index in [1.807, 2.05) is 0 Å². The molecule has 1 unspecified atom stereocenters. The first-order valence-electron chi connectivity index (χ1n) is 9.44. The normalized spacial score (nSPS) is 32.1. The van der Waals surface area contributed by atoms with Crippen LogP contribution in [0.5, 0.6) is 0 Å². The summed E-state index contributed by atoms with van der Waals surface area (Å²) in [4.78, 5) is 26.0. The van der Waals surface area contributed by atoms with Gasteiger partial charge in [0.15, 0.2) is 5.78 Å². The number of rotatable bonds is 3. The molecular weight excluding hydrogens is 238 g/mol. The van der Waals surface area contributed by atoms with Crippen molar-refractivity contribution in [3.63, 3.8) is 0 Å². The van der Waals surface area contributed by atoms with Gasteiger partial charge in [-0.3, -0.25) is 9.59 Å². The topological polar surface area (TPSA) is 37.4 Å². The van der Waals surface area contributed by atoms with Crippen LogP contribution in [0.1, 0.15) is 36.6 Å². The molecule has 1 aliphatic heterocycles. The van der Waals surface area contributed by atoms with Gasteiger partial charge in [-0.15, -0.1) is 0 Å². The Morgan fingerprint density at radius 1 is 1.42 bits per heavy atom. The second-order valence-corrected chi connectivity index (χ2v) is 4.50. The minimum Gasteiger partial charge on any atom is -0.344 e. The van der Waals surface area contributed by atoms with E-state index in [0.717, 1.165) is 6.92 Å². The Labute approximate surface area is 123 Å². The van der Waals surface area contributed by atoms with E-state index in [1.165, 1.54) is 4.90 Å². The molecule has 0 aliphatic carbocycles. The predicted octanol–water partition coefficient (Wildman–Crippen LogP) is 2.96. The molecule has 0 radical (unpaired) electrons. The molecule has 1 aromatic rings. The van der Waals surface area contributed by atoms with Crippen molar-refractivity contribution in [3.05, 3.63) is 42.1 Å². The van der Waals surface area contributed by atoms with E-state index in [4.69, 9.17) is 9.60 Å². The van der Waals surface area contributed by atoms with Crippen LogP contribution >= 0.6 is 0 Å². The zero-order chi connectivity index (χ0) is 19.9. The average Bonchev–Trinajstić information content (AvgIpc) is 2.94. The van der Waals surface area contributed by atoms with Crippen molar-refractivity contribution >= 4 is 17.3 Å². The highest BCUT2D eigenvalue weighted by molar-refractivity contribution is 5.94. The summed E-state index contributed by atoms with van der Waals surface area (Å²) < 4.78 is 53.7. The summed E-state index contributed by atoms with van der Waals surface area (Å²) >= 11 is 0. The van der Waals surface area contributed by atoms with E-state index in [-0.39, 0.29) is 18.7 Å². The number of benzene rings is 1. The van der Waals surface area contributed by atoms with Gasteiger partial charge in [0.05, 0.1) is 6.79 Å². The van der Waals surface area contributed by atoms with Gasteiger partial charge in [0.25, 0.3) is 0 Å². The first-order chi connectivity index (χ1) is 11.8. The number of carbonyl (C=O) groups is 2. The van der Waals surface area contributed by atoms with Gasteiger partial charge in [0.1, 0.15) is 5.78 Å².